The summed E-state index contributed by atoms with van der Waals surface area (Å²) in [4.78, 5) is 13.8. The summed E-state index contributed by atoms with van der Waals surface area (Å²) in [6.07, 6.45) is -16.8. The molecule has 3 fully saturated rings. The van der Waals surface area contributed by atoms with Gasteiger partial charge in [0.15, 0.2) is 25.0 Å². The van der Waals surface area contributed by atoms with Crippen LogP contribution in [0, 0.1) is 0 Å². The Labute approximate surface area is 539 Å². The maximum Gasteiger partial charge on any atom is 0.303 e. The molecule has 8 aromatic rings. The van der Waals surface area contributed by atoms with E-state index >= 15 is 0 Å². The first-order valence-electron chi connectivity index (χ1n) is 31.6. The van der Waals surface area contributed by atoms with E-state index in [1.54, 1.807) is 0 Å². The van der Waals surface area contributed by atoms with Crippen LogP contribution in [0.2, 0.25) is 0 Å². The van der Waals surface area contributed by atoms with Gasteiger partial charge in [-0.3, -0.25) is 4.79 Å². The molecular formula is C76H82O16. The summed E-state index contributed by atoms with van der Waals surface area (Å²) in [6, 6.07) is 78.2. The zero-order valence-corrected chi connectivity index (χ0v) is 51.9. The molecule has 15 atom stereocenters. The Hall–Kier alpha value is -7.33. The SMILES string of the molecule is CC(=O)O[C@H]1[C@H](O[C@@H]2[C@@H](OCc3ccccc3)[C@H](O)O[C@H](COCc3ccccc3)[C@H]2O[C@@H]2O[C@@H](C)[C@@H](OCc3ccccc3)[C@@H](OCc3ccccc3)[C@@H]2OCc2ccccc2)O[C@H](COCc2ccccc2)[C@H](OCc2ccccc2)[C@@H]1OCc1ccccc1. The van der Waals surface area contributed by atoms with Crippen LogP contribution in [-0.4, -0.2) is 116 Å². The van der Waals surface area contributed by atoms with E-state index in [1.807, 2.05) is 250 Å². The molecule has 3 heterocycles. The lowest BCUT2D eigenvalue weighted by Gasteiger charge is -2.51. The number of rotatable bonds is 31. The lowest BCUT2D eigenvalue weighted by atomic mass is 9.95. The largest absolute Gasteiger partial charge is 0.454 e. The van der Waals surface area contributed by atoms with Crippen molar-refractivity contribution in [2.24, 2.45) is 0 Å². The van der Waals surface area contributed by atoms with Crippen molar-refractivity contribution in [3.63, 3.8) is 0 Å². The Morgan fingerprint density at radius 1 is 0.326 bits per heavy atom. The fourth-order valence-electron chi connectivity index (χ4n) is 11.7. The molecule has 8 aromatic carbocycles. The van der Waals surface area contributed by atoms with Gasteiger partial charge in [-0.05, 0) is 51.4 Å². The number of esters is 1. The number of aliphatic hydroxyl groups is 1. The first-order chi connectivity index (χ1) is 45.3. The smallest absolute Gasteiger partial charge is 0.303 e. The van der Waals surface area contributed by atoms with Crippen LogP contribution < -0.4 is 0 Å². The van der Waals surface area contributed by atoms with Crippen molar-refractivity contribution in [1.29, 1.82) is 0 Å². The fraction of sp³-hybridized carbons (Fsp3) is 0.355. The summed E-state index contributed by atoms with van der Waals surface area (Å²) in [7, 11) is 0. The summed E-state index contributed by atoms with van der Waals surface area (Å²) >= 11 is 0. The third kappa shape index (κ3) is 18.9. The second kappa shape index (κ2) is 34.5. The molecule has 0 aromatic heterocycles. The van der Waals surface area contributed by atoms with Gasteiger partial charge in [0.1, 0.15) is 61.0 Å². The van der Waals surface area contributed by atoms with E-state index in [4.69, 9.17) is 66.3 Å². The zero-order valence-electron chi connectivity index (χ0n) is 51.9. The Morgan fingerprint density at radius 2 is 0.620 bits per heavy atom. The van der Waals surface area contributed by atoms with Crippen LogP contribution in [0.3, 0.4) is 0 Å². The van der Waals surface area contributed by atoms with Crippen LogP contribution in [0.15, 0.2) is 243 Å². The minimum Gasteiger partial charge on any atom is -0.454 e. The quantitative estimate of drug-likeness (QED) is 0.0407. The maximum atomic E-state index is 13.8. The topological polar surface area (TPSA) is 167 Å². The Morgan fingerprint density at radius 3 is 1.00 bits per heavy atom. The molecule has 92 heavy (non-hydrogen) atoms. The van der Waals surface area contributed by atoms with Crippen LogP contribution >= 0.6 is 0 Å². The molecule has 3 aliphatic heterocycles. The Balaban J connectivity index is 1.01. The van der Waals surface area contributed by atoms with Crippen LogP contribution in [0.1, 0.15) is 58.4 Å². The molecule has 16 heteroatoms. The van der Waals surface area contributed by atoms with Gasteiger partial charge in [-0.25, -0.2) is 0 Å². The summed E-state index contributed by atoms with van der Waals surface area (Å²) < 4.78 is 97.3. The summed E-state index contributed by atoms with van der Waals surface area (Å²) in [5, 5.41) is 12.6. The molecule has 11 rings (SSSR count). The molecule has 1 N–H and O–H groups in total. The Kier molecular flexibility index (Phi) is 24.8. The number of carbonyl (C=O) groups excluding carboxylic acids is 1. The zero-order chi connectivity index (χ0) is 63.1. The molecule has 0 amide bonds. The van der Waals surface area contributed by atoms with Gasteiger partial charge in [-0.2, -0.15) is 0 Å². The minimum atomic E-state index is -1.66. The molecule has 0 unspecified atom stereocenters. The third-order valence-electron chi connectivity index (χ3n) is 16.3. The van der Waals surface area contributed by atoms with Crippen molar-refractivity contribution in [2.75, 3.05) is 13.2 Å². The number of carbonyl (C=O) groups is 1. The summed E-state index contributed by atoms with van der Waals surface area (Å²) in [5.74, 6) is -0.640. The average Bonchev–Trinajstić information content (AvgIpc) is 0.799. The highest BCUT2D eigenvalue weighted by atomic mass is 16.8. The summed E-state index contributed by atoms with van der Waals surface area (Å²) in [5.41, 5.74) is 7.18. The standard InChI is InChI=1S/C76H82O16/c1-53-65(81-45-57-31-15-5-16-32-57)68(83-47-59-35-19-7-20-36-59)72(86-50-62-41-25-10-26-42-62)75(87-53)91-67-64(52-80-44-56-29-13-4-14-30-56)89-74(78)71(85-49-61-39-23-9-24-40-61)70(67)92-76-73(88-54(2)77)69(84-48-60-37-21-8-22-38-60)66(82-46-58-33-17-6-18-34-58)63(90-76)51-79-43-55-27-11-3-12-28-55/h3-42,53,63-76,78H,43-52H2,1-2H3/t53-,63+,64+,65+,66-,67+,68+,69-,70-,71+,72-,73+,74+,75-,76-/m0/s1. The van der Waals surface area contributed by atoms with E-state index < -0.39 is 98.1 Å². The van der Waals surface area contributed by atoms with Gasteiger partial charge < -0.3 is 71.4 Å². The highest BCUT2D eigenvalue weighted by Gasteiger charge is 2.57. The van der Waals surface area contributed by atoms with Gasteiger partial charge in [0.25, 0.3) is 0 Å². The Bertz CT molecular complexity index is 3340. The molecular weight excluding hydrogens is 1170 g/mol. The van der Waals surface area contributed by atoms with Gasteiger partial charge in [-0.1, -0.05) is 243 Å². The minimum absolute atomic E-state index is 0.0103. The van der Waals surface area contributed by atoms with Crippen LogP contribution in [-0.2, 0) is 124 Å². The predicted molar refractivity (Wildman–Crippen MR) is 341 cm³/mol. The fourth-order valence-corrected chi connectivity index (χ4v) is 11.7. The highest BCUT2D eigenvalue weighted by Crippen LogP contribution is 2.39. The molecule has 0 bridgehead atoms. The molecule has 0 saturated carbocycles. The van der Waals surface area contributed by atoms with E-state index in [9.17, 15) is 9.90 Å². The van der Waals surface area contributed by atoms with Gasteiger partial charge in [0.05, 0.1) is 72.2 Å². The number of ether oxygens (including phenoxy) is 14. The normalized spacial score (nSPS) is 26.4. The van der Waals surface area contributed by atoms with E-state index in [2.05, 4.69) is 0 Å². The number of aliphatic hydroxyl groups excluding tert-OH is 1. The second-order valence-electron chi connectivity index (χ2n) is 23.2. The number of hydrogen-bond acceptors (Lipinski definition) is 16. The maximum absolute atomic E-state index is 13.8. The van der Waals surface area contributed by atoms with Crippen LogP contribution in [0.25, 0.3) is 0 Å². The molecule has 0 aliphatic carbocycles. The van der Waals surface area contributed by atoms with E-state index in [1.165, 1.54) is 6.92 Å². The highest BCUT2D eigenvalue weighted by molar-refractivity contribution is 5.66. The number of benzene rings is 8. The van der Waals surface area contributed by atoms with Gasteiger partial charge in [0.2, 0.25) is 0 Å². The van der Waals surface area contributed by atoms with E-state index in [0.717, 1.165) is 44.5 Å². The molecule has 0 radical (unpaired) electrons. The first-order valence-corrected chi connectivity index (χ1v) is 31.6. The van der Waals surface area contributed by atoms with Crippen LogP contribution in [0.5, 0.6) is 0 Å². The molecule has 16 nitrogen and oxygen atoms in total. The van der Waals surface area contributed by atoms with Gasteiger partial charge in [0, 0.05) is 6.92 Å². The van der Waals surface area contributed by atoms with Crippen molar-refractivity contribution in [1.82, 2.24) is 0 Å². The van der Waals surface area contributed by atoms with E-state index in [0.29, 0.717) is 0 Å². The summed E-state index contributed by atoms with van der Waals surface area (Å²) in [6.45, 7) is 4.38. The van der Waals surface area contributed by atoms with Crippen molar-refractivity contribution in [2.45, 2.75) is 159 Å². The third-order valence-corrected chi connectivity index (χ3v) is 16.3. The first kappa shape index (κ1) is 66.1. The number of hydrogen-bond donors (Lipinski definition) is 1. The van der Waals surface area contributed by atoms with Gasteiger partial charge >= 0.3 is 5.97 Å². The van der Waals surface area contributed by atoms with Crippen molar-refractivity contribution in [3.8, 4) is 0 Å². The van der Waals surface area contributed by atoms with Crippen molar-refractivity contribution >= 4 is 5.97 Å². The second-order valence-corrected chi connectivity index (χ2v) is 23.2. The lowest BCUT2D eigenvalue weighted by Crippen LogP contribution is -2.68. The molecule has 482 valence electrons. The van der Waals surface area contributed by atoms with Crippen molar-refractivity contribution in [3.05, 3.63) is 287 Å². The predicted octanol–water partition coefficient (Wildman–Crippen LogP) is 11.8. The molecule has 3 saturated heterocycles. The molecule has 0 spiro atoms. The van der Waals surface area contributed by atoms with Crippen LogP contribution in [0.4, 0.5) is 0 Å². The average molecular weight is 1250 g/mol. The lowest BCUT2D eigenvalue weighted by molar-refractivity contribution is -0.393. The van der Waals surface area contributed by atoms with Crippen molar-refractivity contribution < 1.29 is 76.2 Å². The van der Waals surface area contributed by atoms with Gasteiger partial charge in [-0.15, -0.1) is 0 Å². The van der Waals surface area contributed by atoms with E-state index in [-0.39, 0.29) is 66.1 Å². The monoisotopic (exact) mass is 1250 g/mol. The molecule has 3 aliphatic rings.